The summed E-state index contributed by atoms with van der Waals surface area (Å²) in [5.74, 6) is 1.23. The lowest BCUT2D eigenvalue weighted by atomic mass is 9.97. The molecule has 0 bridgehead atoms. The van der Waals surface area contributed by atoms with Crippen molar-refractivity contribution < 1.29 is 28.5 Å². The molecule has 0 aliphatic carbocycles. The van der Waals surface area contributed by atoms with Crippen LogP contribution in [0.5, 0.6) is 23.0 Å². The first-order valence-corrected chi connectivity index (χ1v) is 9.93. The number of ketones is 1. The van der Waals surface area contributed by atoms with Crippen molar-refractivity contribution in [3.63, 3.8) is 0 Å². The number of carbonyl (C=O) groups excluding carboxylic acids is 2. The summed E-state index contributed by atoms with van der Waals surface area (Å²) in [6.07, 6.45) is 1.57. The normalized spacial score (nSPS) is 14.3. The Hall–Kier alpha value is -3.28. The second-order valence-corrected chi connectivity index (χ2v) is 7.78. The van der Waals surface area contributed by atoms with E-state index in [-0.39, 0.29) is 17.3 Å². The average Bonchev–Trinajstić information content (AvgIpc) is 2.99. The van der Waals surface area contributed by atoms with Crippen molar-refractivity contribution in [1.82, 2.24) is 0 Å². The highest BCUT2D eigenvalue weighted by Gasteiger charge is 2.30. The van der Waals surface area contributed by atoms with Crippen molar-refractivity contribution in [2.75, 3.05) is 13.2 Å². The third-order valence-electron chi connectivity index (χ3n) is 4.36. The molecule has 3 rings (SSSR count). The van der Waals surface area contributed by atoms with E-state index >= 15 is 0 Å². The Balaban J connectivity index is 1.99. The molecule has 0 amide bonds. The second-order valence-electron chi connectivity index (χ2n) is 7.78. The van der Waals surface area contributed by atoms with Crippen LogP contribution in [0.4, 0.5) is 0 Å². The van der Waals surface area contributed by atoms with Gasteiger partial charge < -0.3 is 18.9 Å². The molecular formula is C24H26O6. The number of hydrogen-bond donors (Lipinski definition) is 0. The number of carbonyl (C=O) groups is 2. The van der Waals surface area contributed by atoms with Crippen LogP contribution < -0.4 is 18.9 Å². The Labute approximate surface area is 176 Å². The fraction of sp³-hybridized carbons (Fsp3) is 0.333. The zero-order valence-corrected chi connectivity index (χ0v) is 17.9. The maximum atomic E-state index is 12.8. The Morgan fingerprint density at radius 2 is 1.80 bits per heavy atom. The number of Topliss-reactive ketones (excluding diaryl/α,β-unsaturated/α-hetero) is 1. The molecule has 2 aromatic rings. The first-order valence-electron chi connectivity index (χ1n) is 9.93. The van der Waals surface area contributed by atoms with Crippen molar-refractivity contribution in [3.8, 4) is 23.0 Å². The van der Waals surface area contributed by atoms with E-state index in [1.54, 1.807) is 63.2 Å². The summed E-state index contributed by atoms with van der Waals surface area (Å²) in [6, 6.07) is 10.3. The predicted molar refractivity (Wildman–Crippen MR) is 113 cm³/mol. The fourth-order valence-electron chi connectivity index (χ4n) is 2.84. The van der Waals surface area contributed by atoms with Crippen molar-refractivity contribution in [2.24, 2.45) is 5.41 Å². The summed E-state index contributed by atoms with van der Waals surface area (Å²) in [6.45, 7) is 9.96. The summed E-state index contributed by atoms with van der Waals surface area (Å²) in [4.78, 5) is 25.3. The van der Waals surface area contributed by atoms with E-state index in [2.05, 4.69) is 0 Å². The van der Waals surface area contributed by atoms with Crippen LogP contribution in [0.15, 0.2) is 42.2 Å². The lowest BCUT2D eigenvalue weighted by Gasteiger charge is -2.19. The van der Waals surface area contributed by atoms with Gasteiger partial charge in [0.1, 0.15) is 11.5 Å². The van der Waals surface area contributed by atoms with Crippen LogP contribution in [-0.2, 0) is 4.79 Å². The summed E-state index contributed by atoms with van der Waals surface area (Å²) in [7, 11) is 0. The Morgan fingerprint density at radius 3 is 2.47 bits per heavy atom. The summed E-state index contributed by atoms with van der Waals surface area (Å²) < 4.78 is 22.6. The minimum absolute atomic E-state index is 0.139. The maximum Gasteiger partial charge on any atom is 0.316 e. The molecule has 0 N–H and O–H groups in total. The van der Waals surface area contributed by atoms with Crippen LogP contribution in [0.1, 0.15) is 50.5 Å². The van der Waals surface area contributed by atoms with Crippen molar-refractivity contribution in [2.45, 2.75) is 34.6 Å². The number of ether oxygens (including phenoxy) is 4. The zero-order valence-electron chi connectivity index (χ0n) is 17.9. The predicted octanol–water partition coefficient (Wildman–Crippen LogP) is 5.05. The van der Waals surface area contributed by atoms with Gasteiger partial charge in [0, 0.05) is 11.6 Å². The van der Waals surface area contributed by atoms with Crippen LogP contribution in [0, 0.1) is 5.41 Å². The number of allylic oxidation sites excluding steroid dienone is 1. The second kappa shape index (κ2) is 8.61. The van der Waals surface area contributed by atoms with Crippen LogP contribution in [0.2, 0.25) is 0 Å². The topological polar surface area (TPSA) is 71.1 Å². The van der Waals surface area contributed by atoms with E-state index in [1.165, 1.54) is 0 Å². The number of hydrogen-bond acceptors (Lipinski definition) is 6. The third-order valence-corrected chi connectivity index (χ3v) is 4.36. The fourth-order valence-corrected chi connectivity index (χ4v) is 2.84. The molecule has 0 atom stereocenters. The monoisotopic (exact) mass is 410 g/mol. The lowest BCUT2D eigenvalue weighted by molar-refractivity contribution is -0.143. The Kier molecular flexibility index (Phi) is 6.15. The van der Waals surface area contributed by atoms with E-state index in [1.807, 2.05) is 13.8 Å². The summed E-state index contributed by atoms with van der Waals surface area (Å²) >= 11 is 0. The highest BCUT2D eigenvalue weighted by Crippen LogP contribution is 2.38. The standard InChI is InChI=1S/C24H26O6/c1-6-27-16-11-12-17-19(14-16)29-20(21(17)25)13-15-9-8-10-18(28-7-2)22(15)30-23(26)24(3,4)5/h8-14H,6-7H2,1-5H3/b20-13-. The minimum Gasteiger partial charge on any atom is -0.494 e. The number of benzene rings is 2. The SMILES string of the molecule is CCOc1ccc2c(c1)O/C(=C\c1cccc(OCC)c1OC(=O)C(C)(C)C)C2=O. The van der Waals surface area contributed by atoms with E-state index in [4.69, 9.17) is 18.9 Å². The van der Waals surface area contributed by atoms with Crippen LogP contribution in [0.25, 0.3) is 6.08 Å². The zero-order chi connectivity index (χ0) is 21.9. The van der Waals surface area contributed by atoms with Crippen molar-refractivity contribution >= 4 is 17.8 Å². The van der Waals surface area contributed by atoms with Gasteiger partial charge in [0.25, 0.3) is 0 Å². The van der Waals surface area contributed by atoms with E-state index in [9.17, 15) is 9.59 Å². The van der Waals surface area contributed by atoms with Gasteiger partial charge >= 0.3 is 5.97 Å². The molecule has 158 valence electrons. The molecule has 0 radical (unpaired) electrons. The molecule has 0 saturated carbocycles. The van der Waals surface area contributed by atoms with Gasteiger partial charge in [-0.25, -0.2) is 0 Å². The van der Waals surface area contributed by atoms with E-state index < -0.39 is 11.4 Å². The molecule has 0 fully saturated rings. The van der Waals surface area contributed by atoms with Gasteiger partial charge in [0.2, 0.25) is 5.78 Å². The number of fused-ring (bicyclic) bond motifs is 1. The summed E-state index contributed by atoms with van der Waals surface area (Å²) in [5, 5.41) is 0. The number of rotatable bonds is 6. The van der Waals surface area contributed by atoms with Crippen molar-refractivity contribution in [1.29, 1.82) is 0 Å². The Bertz CT molecular complexity index is 997. The smallest absolute Gasteiger partial charge is 0.316 e. The molecule has 0 unspecified atom stereocenters. The van der Waals surface area contributed by atoms with Crippen molar-refractivity contribution in [3.05, 3.63) is 53.3 Å². The summed E-state index contributed by atoms with van der Waals surface area (Å²) in [5.41, 5.74) is 0.272. The molecule has 6 nitrogen and oxygen atoms in total. The van der Waals surface area contributed by atoms with Crippen LogP contribution in [-0.4, -0.2) is 25.0 Å². The minimum atomic E-state index is -0.699. The van der Waals surface area contributed by atoms with Gasteiger partial charge in [-0.05, 0) is 58.9 Å². The van der Waals surface area contributed by atoms with Gasteiger partial charge in [0.15, 0.2) is 17.3 Å². The van der Waals surface area contributed by atoms with Gasteiger partial charge in [-0.1, -0.05) is 12.1 Å². The Morgan fingerprint density at radius 1 is 1.07 bits per heavy atom. The quantitative estimate of drug-likeness (QED) is 0.377. The lowest BCUT2D eigenvalue weighted by Crippen LogP contribution is -2.26. The van der Waals surface area contributed by atoms with E-state index in [0.29, 0.717) is 41.6 Å². The number of esters is 1. The molecule has 0 aromatic heterocycles. The molecule has 30 heavy (non-hydrogen) atoms. The van der Waals surface area contributed by atoms with Crippen LogP contribution >= 0.6 is 0 Å². The largest absolute Gasteiger partial charge is 0.494 e. The molecular weight excluding hydrogens is 384 g/mol. The van der Waals surface area contributed by atoms with Gasteiger partial charge in [0.05, 0.1) is 24.2 Å². The van der Waals surface area contributed by atoms with Gasteiger partial charge in [-0.15, -0.1) is 0 Å². The van der Waals surface area contributed by atoms with Crippen LogP contribution in [0.3, 0.4) is 0 Å². The molecule has 1 heterocycles. The maximum absolute atomic E-state index is 12.8. The van der Waals surface area contributed by atoms with E-state index in [0.717, 1.165) is 0 Å². The third kappa shape index (κ3) is 4.48. The highest BCUT2D eigenvalue weighted by atomic mass is 16.6. The molecule has 1 aliphatic rings. The first kappa shape index (κ1) is 21.4. The molecule has 0 saturated heterocycles. The first-order chi connectivity index (χ1) is 14.2. The number of para-hydroxylation sites is 1. The average molecular weight is 410 g/mol. The van der Waals surface area contributed by atoms with Gasteiger partial charge in [-0.3, -0.25) is 9.59 Å². The molecule has 1 aliphatic heterocycles. The molecule has 2 aromatic carbocycles. The van der Waals surface area contributed by atoms with Gasteiger partial charge in [-0.2, -0.15) is 0 Å². The molecule has 0 spiro atoms. The molecule has 6 heteroatoms. The highest BCUT2D eigenvalue weighted by molar-refractivity contribution is 6.14.